The lowest BCUT2D eigenvalue weighted by atomic mass is 9.97. The minimum Gasteiger partial charge on any atom is -0.352 e. The van der Waals surface area contributed by atoms with E-state index < -0.39 is 15.1 Å². The average Bonchev–Trinajstić information content (AvgIpc) is 2.31. The lowest BCUT2D eigenvalue weighted by Crippen LogP contribution is -2.44. The van der Waals surface area contributed by atoms with Gasteiger partial charge in [-0.2, -0.15) is 0 Å². The molecule has 0 heterocycles. The van der Waals surface area contributed by atoms with Crippen molar-refractivity contribution in [3.63, 3.8) is 0 Å². The molecule has 1 atom stereocenters. The summed E-state index contributed by atoms with van der Waals surface area (Å²) in [5.74, 6) is -0.515. The van der Waals surface area contributed by atoms with Gasteiger partial charge in [0.1, 0.15) is 5.25 Å². The van der Waals surface area contributed by atoms with Gasteiger partial charge in [-0.15, -0.1) is 6.58 Å². The Kier molecular flexibility index (Phi) is 6.55. The maximum atomic E-state index is 12.0. The van der Waals surface area contributed by atoms with Crippen LogP contribution in [0.5, 0.6) is 0 Å². The van der Waals surface area contributed by atoms with Crippen LogP contribution in [0.15, 0.2) is 12.7 Å². The Labute approximate surface area is 116 Å². The van der Waals surface area contributed by atoms with Crippen LogP contribution in [0, 0.1) is 0 Å². The number of carbonyl (C=O) groups is 1. The molecule has 19 heavy (non-hydrogen) atoms. The number of rotatable bonds is 5. The van der Waals surface area contributed by atoms with E-state index in [1.54, 1.807) is 0 Å². The fourth-order valence-electron chi connectivity index (χ4n) is 2.39. The van der Waals surface area contributed by atoms with Crippen molar-refractivity contribution in [3.05, 3.63) is 12.7 Å². The van der Waals surface area contributed by atoms with Crippen LogP contribution < -0.4 is 5.32 Å². The lowest BCUT2D eigenvalue weighted by molar-refractivity contribution is -0.121. The van der Waals surface area contributed by atoms with Crippen LogP contribution in [0.25, 0.3) is 0 Å². The number of amides is 1. The number of carbonyl (C=O) groups excluding carboxylic acids is 1. The molecule has 0 aromatic rings. The van der Waals surface area contributed by atoms with Crippen molar-refractivity contribution in [2.24, 2.45) is 0 Å². The van der Waals surface area contributed by atoms with Crippen molar-refractivity contribution in [2.75, 3.05) is 5.75 Å². The monoisotopic (exact) mass is 287 g/mol. The normalized spacial score (nSPS) is 20.1. The highest BCUT2D eigenvalue weighted by molar-refractivity contribution is 7.92. The first-order valence-corrected chi connectivity index (χ1v) is 8.81. The van der Waals surface area contributed by atoms with Gasteiger partial charge in [-0.25, -0.2) is 8.42 Å². The lowest BCUT2D eigenvalue weighted by Gasteiger charge is -2.22. The quantitative estimate of drug-likeness (QED) is 0.788. The van der Waals surface area contributed by atoms with E-state index >= 15 is 0 Å². The highest BCUT2D eigenvalue weighted by Crippen LogP contribution is 2.17. The van der Waals surface area contributed by atoms with Crippen molar-refractivity contribution >= 4 is 15.7 Å². The van der Waals surface area contributed by atoms with Crippen LogP contribution in [-0.2, 0) is 14.6 Å². The Morgan fingerprint density at radius 1 is 1.26 bits per heavy atom. The molecule has 110 valence electrons. The molecule has 1 saturated carbocycles. The molecule has 0 bridgehead atoms. The molecule has 4 nitrogen and oxygen atoms in total. The molecule has 1 aliphatic carbocycles. The second-order valence-corrected chi connectivity index (χ2v) is 7.68. The summed E-state index contributed by atoms with van der Waals surface area (Å²) in [5.41, 5.74) is 0. The molecule has 1 aliphatic rings. The smallest absolute Gasteiger partial charge is 0.238 e. The molecule has 5 heteroatoms. The van der Waals surface area contributed by atoms with Gasteiger partial charge in [-0.1, -0.05) is 38.2 Å². The van der Waals surface area contributed by atoms with Gasteiger partial charge < -0.3 is 5.32 Å². The zero-order chi connectivity index (χ0) is 14.3. The number of hydrogen-bond donors (Lipinski definition) is 1. The molecule has 0 aliphatic heterocycles. The molecule has 1 amide bonds. The molecule has 1 N–H and O–H groups in total. The Hall–Kier alpha value is -0.840. The molecule has 0 aromatic heterocycles. The summed E-state index contributed by atoms with van der Waals surface area (Å²) in [6.07, 6.45) is 9.14. The number of hydrogen-bond acceptors (Lipinski definition) is 3. The van der Waals surface area contributed by atoms with Crippen molar-refractivity contribution in [1.82, 2.24) is 5.32 Å². The van der Waals surface area contributed by atoms with Crippen LogP contribution >= 0.6 is 0 Å². The van der Waals surface area contributed by atoms with Crippen molar-refractivity contribution in [1.29, 1.82) is 0 Å². The summed E-state index contributed by atoms with van der Waals surface area (Å²) in [4.78, 5) is 12.0. The predicted octanol–water partition coefficient (Wildman–Crippen LogP) is 2.20. The van der Waals surface area contributed by atoms with E-state index in [1.807, 2.05) is 0 Å². The van der Waals surface area contributed by atoms with Gasteiger partial charge in [-0.05, 0) is 19.8 Å². The van der Waals surface area contributed by atoms with Gasteiger partial charge in [-0.3, -0.25) is 4.79 Å². The van der Waals surface area contributed by atoms with Crippen LogP contribution in [0.2, 0.25) is 0 Å². The predicted molar refractivity (Wildman–Crippen MR) is 77.7 cm³/mol. The van der Waals surface area contributed by atoms with E-state index in [0.717, 1.165) is 25.7 Å². The highest BCUT2D eigenvalue weighted by Gasteiger charge is 2.28. The molecule has 0 aromatic carbocycles. The van der Waals surface area contributed by atoms with E-state index in [2.05, 4.69) is 11.9 Å². The molecule has 1 fully saturated rings. The standard InChI is InChI=1S/C14H25NO3S/c1-3-11-19(17,18)12(2)14(16)15-13-9-7-5-4-6-8-10-13/h3,12-13H,1,4-11H2,2H3,(H,15,16). The van der Waals surface area contributed by atoms with Crippen LogP contribution in [0.3, 0.4) is 0 Å². The maximum absolute atomic E-state index is 12.0. The third kappa shape index (κ3) is 5.35. The van der Waals surface area contributed by atoms with Gasteiger partial charge in [0.25, 0.3) is 0 Å². The summed E-state index contributed by atoms with van der Waals surface area (Å²) in [6, 6.07) is 0.134. The maximum Gasteiger partial charge on any atom is 0.238 e. The fraction of sp³-hybridized carbons (Fsp3) is 0.786. The summed E-state index contributed by atoms with van der Waals surface area (Å²) >= 11 is 0. The van der Waals surface area contributed by atoms with E-state index in [1.165, 1.54) is 32.3 Å². The first-order chi connectivity index (χ1) is 8.97. The molecule has 0 spiro atoms. The average molecular weight is 287 g/mol. The van der Waals surface area contributed by atoms with E-state index in [9.17, 15) is 13.2 Å². The molecular weight excluding hydrogens is 262 g/mol. The van der Waals surface area contributed by atoms with Gasteiger partial charge in [0.05, 0.1) is 5.75 Å². The van der Waals surface area contributed by atoms with Gasteiger partial charge >= 0.3 is 0 Å². The second kappa shape index (κ2) is 7.68. The van der Waals surface area contributed by atoms with Gasteiger partial charge in [0.15, 0.2) is 9.84 Å². The third-order valence-electron chi connectivity index (χ3n) is 3.71. The minimum atomic E-state index is -3.41. The molecular formula is C14H25NO3S. The summed E-state index contributed by atoms with van der Waals surface area (Å²) in [5, 5.41) is 1.91. The minimum absolute atomic E-state index is 0.134. The molecule has 0 saturated heterocycles. The van der Waals surface area contributed by atoms with Crippen molar-refractivity contribution < 1.29 is 13.2 Å². The summed E-state index contributed by atoms with van der Waals surface area (Å²) in [6.45, 7) is 4.87. The van der Waals surface area contributed by atoms with Crippen LogP contribution in [0.4, 0.5) is 0 Å². The van der Waals surface area contributed by atoms with Crippen molar-refractivity contribution in [2.45, 2.75) is 63.2 Å². The molecule has 1 unspecified atom stereocenters. The van der Waals surface area contributed by atoms with Crippen LogP contribution in [-0.4, -0.2) is 31.4 Å². The number of sulfone groups is 1. The topological polar surface area (TPSA) is 63.2 Å². The first-order valence-electron chi connectivity index (χ1n) is 7.10. The molecule has 1 rings (SSSR count). The summed E-state index contributed by atoms with van der Waals surface area (Å²) in [7, 11) is -3.41. The van der Waals surface area contributed by atoms with E-state index in [-0.39, 0.29) is 17.7 Å². The van der Waals surface area contributed by atoms with Gasteiger partial charge in [0.2, 0.25) is 5.91 Å². The molecule has 0 radical (unpaired) electrons. The number of nitrogens with one attached hydrogen (secondary N) is 1. The Bertz CT molecular complexity index is 395. The second-order valence-electron chi connectivity index (χ2n) is 5.31. The van der Waals surface area contributed by atoms with E-state index in [4.69, 9.17) is 0 Å². The fourth-order valence-corrected chi connectivity index (χ4v) is 3.40. The Morgan fingerprint density at radius 3 is 2.32 bits per heavy atom. The Balaban J connectivity index is 2.55. The Morgan fingerprint density at radius 2 is 1.79 bits per heavy atom. The highest BCUT2D eigenvalue weighted by atomic mass is 32.2. The summed E-state index contributed by atoms with van der Waals surface area (Å²) < 4.78 is 23.6. The van der Waals surface area contributed by atoms with E-state index in [0.29, 0.717) is 0 Å². The van der Waals surface area contributed by atoms with Crippen LogP contribution in [0.1, 0.15) is 51.9 Å². The van der Waals surface area contributed by atoms with Crippen molar-refractivity contribution in [3.8, 4) is 0 Å². The largest absolute Gasteiger partial charge is 0.352 e. The zero-order valence-corrected chi connectivity index (χ0v) is 12.5. The zero-order valence-electron chi connectivity index (χ0n) is 11.7. The SMILES string of the molecule is C=CCS(=O)(=O)C(C)C(=O)NC1CCCCCCC1. The first kappa shape index (κ1) is 16.2. The third-order valence-corrected chi connectivity index (χ3v) is 5.70. The van der Waals surface area contributed by atoms with Gasteiger partial charge in [0, 0.05) is 6.04 Å².